The second-order valence-corrected chi connectivity index (χ2v) is 6.78. The maximum Gasteiger partial charge on any atom is 0.279 e. The quantitative estimate of drug-likeness (QED) is 0.273. The van der Waals surface area contributed by atoms with Crippen LogP contribution in [0.5, 0.6) is 11.5 Å². The van der Waals surface area contributed by atoms with E-state index >= 15 is 0 Å². The highest BCUT2D eigenvalue weighted by Gasteiger charge is 2.07. The van der Waals surface area contributed by atoms with Gasteiger partial charge in [-0.15, -0.1) is 10.2 Å². The summed E-state index contributed by atoms with van der Waals surface area (Å²) in [6.45, 7) is 5.28. The average Bonchev–Trinajstić information content (AvgIpc) is 2.79. The van der Waals surface area contributed by atoms with E-state index in [1.165, 1.54) is 0 Å². The third-order valence-corrected chi connectivity index (χ3v) is 4.40. The first kappa shape index (κ1) is 22.0. The van der Waals surface area contributed by atoms with E-state index in [0.717, 1.165) is 30.6 Å². The Kier molecular flexibility index (Phi) is 8.16. The molecule has 3 rings (SSSR count). The van der Waals surface area contributed by atoms with Gasteiger partial charge in [0.25, 0.3) is 5.56 Å². The molecule has 3 aromatic rings. The number of hydrogen-bond donors (Lipinski definition) is 2. The van der Waals surface area contributed by atoms with Crippen molar-refractivity contribution in [2.24, 2.45) is 5.10 Å². The highest BCUT2D eigenvalue weighted by Crippen LogP contribution is 2.28. The van der Waals surface area contributed by atoms with Gasteiger partial charge >= 0.3 is 0 Å². The molecular weight excluding hydrogens is 394 g/mol. The van der Waals surface area contributed by atoms with Crippen molar-refractivity contribution in [3.63, 3.8) is 0 Å². The fraction of sp³-hybridized carbons (Fsp3) is 0.304. The first-order valence-electron chi connectivity index (χ1n) is 10.4. The molecule has 0 radical (unpaired) electrons. The first-order chi connectivity index (χ1) is 15.2. The summed E-state index contributed by atoms with van der Waals surface area (Å²) < 4.78 is 11.5. The number of nitrogens with zero attached hydrogens (tertiary/aromatic N) is 3. The van der Waals surface area contributed by atoms with Gasteiger partial charge in [-0.05, 0) is 37.1 Å². The van der Waals surface area contributed by atoms with E-state index in [4.69, 9.17) is 9.47 Å². The second-order valence-electron chi connectivity index (χ2n) is 6.78. The van der Waals surface area contributed by atoms with Gasteiger partial charge in [0.2, 0.25) is 5.95 Å². The minimum atomic E-state index is -0.345. The van der Waals surface area contributed by atoms with Crippen LogP contribution in [-0.2, 0) is 0 Å². The van der Waals surface area contributed by atoms with Gasteiger partial charge in [0.05, 0.1) is 19.4 Å². The number of benzene rings is 2. The van der Waals surface area contributed by atoms with Crippen molar-refractivity contribution in [3.05, 3.63) is 64.4 Å². The number of nitrogens with one attached hydrogen (secondary N) is 2. The molecule has 0 aliphatic carbocycles. The van der Waals surface area contributed by atoms with Gasteiger partial charge < -0.3 is 9.47 Å². The molecule has 0 saturated heterocycles. The number of ether oxygens (including phenoxy) is 2. The van der Waals surface area contributed by atoms with Gasteiger partial charge in [0.15, 0.2) is 17.2 Å². The van der Waals surface area contributed by atoms with Crippen LogP contribution in [0.3, 0.4) is 0 Å². The van der Waals surface area contributed by atoms with Crippen molar-refractivity contribution in [2.45, 2.75) is 33.1 Å². The minimum absolute atomic E-state index is 0.154. The number of unbranched alkanes of at least 4 members (excludes halogenated alkanes) is 2. The fourth-order valence-corrected chi connectivity index (χ4v) is 2.87. The minimum Gasteiger partial charge on any atom is -0.490 e. The van der Waals surface area contributed by atoms with Crippen molar-refractivity contribution < 1.29 is 9.47 Å². The first-order valence-corrected chi connectivity index (χ1v) is 10.4. The Morgan fingerprint density at radius 3 is 2.61 bits per heavy atom. The van der Waals surface area contributed by atoms with Crippen LogP contribution in [0.1, 0.15) is 38.7 Å². The predicted molar refractivity (Wildman–Crippen MR) is 122 cm³/mol. The predicted octanol–water partition coefficient (Wildman–Crippen LogP) is 4.25. The van der Waals surface area contributed by atoms with E-state index in [1.807, 2.05) is 43.3 Å². The lowest BCUT2D eigenvalue weighted by atomic mass is 10.2. The number of hydrazone groups is 1. The van der Waals surface area contributed by atoms with Crippen LogP contribution in [0, 0.1) is 0 Å². The van der Waals surface area contributed by atoms with E-state index in [0.29, 0.717) is 24.5 Å². The molecule has 2 N–H and O–H groups in total. The van der Waals surface area contributed by atoms with Crippen LogP contribution in [0.4, 0.5) is 5.95 Å². The molecule has 1 aromatic heterocycles. The van der Waals surface area contributed by atoms with E-state index in [-0.39, 0.29) is 17.2 Å². The molecule has 0 aliphatic heterocycles. The molecule has 0 saturated carbocycles. The molecule has 0 atom stereocenters. The van der Waals surface area contributed by atoms with Crippen LogP contribution >= 0.6 is 0 Å². The Hall–Kier alpha value is -3.68. The normalized spacial score (nSPS) is 10.9. The Morgan fingerprint density at radius 1 is 1.03 bits per heavy atom. The van der Waals surface area contributed by atoms with Crippen LogP contribution in [-0.4, -0.2) is 34.6 Å². The fourth-order valence-electron chi connectivity index (χ4n) is 2.87. The van der Waals surface area contributed by atoms with Crippen molar-refractivity contribution in [1.29, 1.82) is 0 Å². The molecule has 0 spiro atoms. The molecule has 2 aromatic carbocycles. The smallest absolute Gasteiger partial charge is 0.279 e. The number of aromatic amines is 1. The highest BCUT2D eigenvalue weighted by atomic mass is 16.5. The number of anilines is 1. The summed E-state index contributed by atoms with van der Waals surface area (Å²) in [6.07, 6.45) is 4.90. The molecule has 162 valence electrons. The zero-order valence-electron chi connectivity index (χ0n) is 17.8. The Bertz CT molecular complexity index is 1050. The van der Waals surface area contributed by atoms with Crippen molar-refractivity contribution >= 4 is 12.2 Å². The molecule has 8 nitrogen and oxygen atoms in total. The molecular formula is C23H27N5O3. The summed E-state index contributed by atoms with van der Waals surface area (Å²) >= 11 is 0. The van der Waals surface area contributed by atoms with Crippen LogP contribution in [0.2, 0.25) is 0 Å². The van der Waals surface area contributed by atoms with Crippen molar-refractivity contribution in [3.8, 4) is 22.8 Å². The molecule has 0 unspecified atom stereocenters. The Morgan fingerprint density at radius 2 is 1.87 bits per heavy atom. The molecule has 31 heavy (non-hydrogen) atoms. The average molecular weight is 422 g/mol. The van der Waals surface area contributed by atoms with E-state index < -0.39 is 0 Å². The largest absolute Gasteiger partial charge is 0.490 e. The summed E-state index contributed by atoms with van der Waals surface area (Å²) in [5, 5.41) is 12.1. The van der Waals surface area contributed by atoms with Gasteiger partial charge in [-0.2, -0.15) is 5.10 Å². The van der Waals surface area contributed by atoms with Gasteiger partial charge in [-0.3, -0.25) is 9.78 Å². The van der Waals surface area contributed by atoms with Crippen LogP contribution in [0.15, 0.2) is 58.4 Å². The van der Waals surface area contributed by atoms with Gasteiger partial charge in [0.1, 0.15) is 0 Å². The molecule has 0 fully saturated rings. The zero-order valence-corrected chi connectivity index (χ0v) is 17.8. The number of aromatic nitrogens is 3. The lowest BCUT2D eigenvalue weighted by molar-refractivity contribution is 0.271. The number of hydrogen-bond acceptors (Lipinski definition) is 7. The lowest BCUT2D eigenvalue weighted by Crippen LogP contribution is -2.15. The van der Waals surface area contributed by atoms with Crippen molar-refractivity contribution in [2.75, 3.05) is 18.6 Å². The van der Waals surface area contributed by atoms with E-state index in [9.17, 15) is 4.79 Å². The Labute approximate surface area is 181 Å². The van der Waals surface area contributed by atoms with Crippen molar-refractivity contribution in [1.82, 2.24) is 15.2 Å². The summed E-state index contributed by atoms with van der Waals surface area (Å²) in [7, 11) is 0. The monoisotopic (exact) mass is 421 g/mol. The topological polar surface area (TPSA) is 101 Å². The highest BCUT2D eigenvalue weighted by molar-refractivity contribution is 5.81. The number of rotatable bonds is 11. The SMILES string of the molecule is CCCCCOc1ccc(/C=N/Nc2nnc(-c3ccccc3)c(=O)[nH]2)cc1OCC. The second kappa shape index (κ2) is 11.5. The third kappa shape index (κ3) is 6.40. The van der Waals surface area contributed by atoms with Crippen LogP contribution in [0.25, 0.3) is 11.3 Å². The zero-order chi connectivity index (χ0) is 21.9. The maximum absolute atomic E-state index is 12.3. The summed E-state index contributed by atoms with van der Waals surface area (Å²) in [6, 6.07) is 14.8. The standard InChI is InChI=1S/C23H27N5O3/c1-3-5-9-14-31-19-13-12-17(15-20(19)30-4-2)16-24-27-23-25-22(29)21(26-28-23)18-10-7-6-8-11-18/h6-8,10-13,15-16H,3-5,9,14H2,1-2H3,(H2,25,27,28,29)/b24-16+. The van der Waals surface area contributed by atoms with Crippen LogP contribution < -0.4 is 20.5 Å². The van der Waals surface area contributed by atoms with Gasteiger partial charge in [-0.1, -0.05) is 50.1 Å². The molecule has 1 heterocycles. The third-order valence-electron chi connectivity index (χ3n) is 4.40. The summed E-state index contributed by atoms with van der Waals surface area (Å²) in [5.41, 5.74) is 4.12. The maximum atomic E-state index is 12.3. The molecule has 0 aliphatic rings. The van der Waals surface area contributed by atoms with Gasteiger partial charge in [-0.25, -0.2) is 5.43 Å². The van der Waals surface area contributed by atoms with Gasteiger partial charge in [0, 0.05) is 5.56 Å². The van der Waals surface area contributed by atoms with E-state index in [1.54, 1.807) is 18.3 Å². The Balaban J connectivity index is 1.65. The number of H-pyrrole nitrogens is 1. The molecule has 8 heteroatoms. The summed E-state index contributed by atoms with van der Waals surface area (Å²) in [4.78, 5) is 14.9. The lowest BCUT2D eigenvalue weighted by Gasteiger charge is -2.12. The molecule has 0 amide bonds. The van der Waals surface area contributed by atoms with E-state index in [2.05, 4.69) is 32.6 Å². The molecule has 0 bridgehead atoms. The summed E-state index contributed by atoms with van der Waals surface area (Å²) in [5.74, 6) is 1.54.